The second-order valence-electron chi connectivity index (χ2n) is 5.18. The molecule has 1 aliphatic rings. The van der Waals surface area contributed by atoms with E-state index in [-0.39, 0.29) is 11.3 Å². The first kappa shape index (κ1) is 11.0. The monoisotopic (exact) mass is 219 g/mol. The van der Waals surface area contributed by atoms with E-state index in [1.165, 1.54) is 0 Å². The summed E-state index contributed by atoms with van der Waals surface area (Å²) in [5.74, 6) is 0.723. The summed E-state index contributed by atoms with van der Waals surface area (Å²) in [5, 5.41) is 2.86. The van der Waals surface area contributed by atoms with Gasteiger partial charge in [0.1, 0.15) is 5.75 Å². The molecule has 1 heterocycles. The molecule has 0 saturated heterocycles. The number of rotatable bonds is 0. The minimum atomic E-state index is -0.420. The lowest BCUT2D eigenvalue weighted by molar-refractivity contribution is -0.122. The number of benzene rings is 1. The molecule has 1 aromatic rings. The maximum absolute atomic E-state index is 11.5. The van der Waals surface area contributed by atoms with Crippen molar-refractivity contribution in [2.45, 2.75) is 39.2 Å². The smallest absolute Gasteiger partial charge is 0.265 e. The number of fused-ring (bicyclic) bond motifs is 1. The Kier molecular flexibility index (Phi) is 2.41. The minimum Gasteiger partial charge on any atom is -0.478 e. The zero-order chi connectivity index (χ0) is 11.9. The fourth-order valence-electron chi connectivity index (χ4n) is 1.82. The van der Waals surface area contributed by atoms with Crippen LogP contribution in [-0.4, -0.2) is 12.0 Å². The number of carbonyl (C=O) groups is 1. The van der Waals surface area contributed by atoms with Gasteiger partial charge >= 0.3 is 0 Å². The Balaban J connectivity index is 2.53. The van der Waals surface area contributed by atoms with Gasteiger partial charge in [0.25, 0.3) is 5.91 Å². The van der Waals surface area contributed by atoms with E-state index in [0.717, 1.165) is 17.0 Å². The zero-order valence-electron chi connectivity index (χ0n) is 10.1. The van der Waals surface area contributed by atoms with Crippen LogP contribution in [0.25, 0.3) is 0 Å². The molecule has 3 nitrogen and oxygen atoms in total. The van der Waals surface area contributed by atoms with Crippen molar-refractivity contribution in [1.29, 1.82) is 0 Å². The number of amides is 1. The molecule has 1 aromatic carbocycles. The van der Waals surface area contributed by atoms with Crippen molar-refractivity contribution in [3.63, 3.8) is 0 Å². The minimum absolute atomic E-state index is 0.00707. The zero-order valence-corrected chi connectivity index (χ0v) is 10.1. The van der Waals surface area contributed by atoms with Crippen LogP contribution >= 0.6 is 0 Å². The maximum Gasteiger partial charge on any atom is 0.265 e. The van der Waals surface area contributed by atoms with Gasteiger partial charge in [-0.25, -0.2) is 0 Å². The van der Waals surface area contributed by atoms with Crippen LogP contribution in [0.3, 0.4) is 0 Å². The van der Waals surface area contributed by atoms with Gasteiger partial charge in [0.15, 0.2) is 6.10 Å². The molecule has 1 aliphatic heterocycles. The average Bonchev–Trinajstić information content (AvgIpc) is 2.17. The van der Waals surface area contributed by atoms with Gasteiger partial charge in [-0.1, -0.05) is 32.9 Å². The third-order valence-corrected chi connectivity index (χ3v) is 2.74. The van der Waals surface area contributed by atoms with Gasteiger partial charge in [-0.2, -0.15) is 0 Å². The second kappa shape index (κ2) is 3.51. The van der Waals surface area contributed by atoms with Crippen LogP contribution in [0.5, 0.6) is 5.75 Å². The predicted molar refractivity (Wildman–Crippen MR) is 63.9 cm³/mol. The van der Waals surface area contributed by atoms with E-state index in [1.807, 2.05) is 18.2 Å². The summed E-state index contributed by atoms with van der Waals surface area (Å²) >= 11 is 0. The molecule has 1 N–H and O–H groups in total. The first-order chi connectivity index (χ1) is 7.39. The quantitative estimate of drug-likeness (QED) is 0.728. The Labute approximate surface area is 95.8 Å². The summed E-state index contributed by atoms with van der Waals surface area (Å²) in [7, 11) is 0. The van der Waals surface area contributed by atoms with Gasteiger partial charge in [0.2, 0.25) is 0 Å². The average molecular weight is 219 g/mol. The highest BCUT2D eigenvalue weighted by atomic mass is 16.5. The van der Waals surface area contributed by atoms with Crippen LogP contribution in [0.4, 0.5) is 5.69 Å². The van der Waals surface area contributed by atoms with Crippen LogP contribution in [-0.2, 0) is 10.2 Å². The fraction of sp³-hybridized carbons (Fsp3) is 0.462. The Hall–Kier alpha value is -1.51. The molecule has 0 spiro atoms. The molecule has 1 atom stereocenters. The number of carbonyl (C=O) groups excluding carboxylic acids is 1. The van der Waals surface area contributed by atoms with E-state index in [0.29, 0.717) is 0 Å². The second-order valence-corrected chi connectivity index (χ2v) is 5.18. The van der Waals surface area contributed by atoms with Crippen molar-refractivity contribution < 1.29 is 9.53 Å². The number of hydrogen-bond donors (Lipinski definition) is 1. The van der Waals surface area contributed by atoms with Crippen molar-refractivity contribution in [3.05, 3.63) is 23.8 Å². The Bertz CT molecular complexity index is 432. The van der Waals surface area contributed by atoms with Gasteiger partial charge in [0, 0.05) is 5.56 Å². The lowest BCUT2D eigenvalue weighted by Gasteiger charge is -2.29. The first-order valence-corrected chi connectivity index (χ1v) is 5.50. The molecule has 0 unspecified atom stereocenters. The molecule has 0 fully saturated rings. The third-order valence-electron chi connectivity index (χ3n) is 2.74. The highest BCUT2D eigenvalue weighted by Gasteiger charge is 2.29. The van der Waals surface area contributed by atoms with Crippen LogP contribution in [0, 0.1) is 0 Å². The molecule has 0 aromatic heterocycles. The van der Waals surface area contributed by atoms with Gasteiger partial charge in [-0.15, -0.1) is 0 Å². The lowest BCUT2D eigenvalue weighted by atomic mass is 9.85. The van der Waals surface area contributed by atoms with E-state index in [4.69, 9.17) is 4.74 Å². The number of nitrogens with one attached hydrogen (secondary N) is 1. The van der Waals surface area contributed by atoms with Crippen molar-refractivity contribution in [2.75, 3.05) is 5.32 Å². The molecular formula is C13H17NO2. The standard InChI is InChI=1S/C13H17NO2/c1-8-12(15)14-10-7-5-6-9(11(10)16-8)13(2,3)4/h5-8H,1-4H3,(H,14,15)/t8-/m1/s1. The molecule has 0 aliphatic carbocycles. The molecule has 0 bridgehead atoms. The normalized spacial score (nSPS) is 19.8. The third kappa shape index (κ3) is 1.77. The highest BCUT2D eigenvalue weighted by Crippen LogP contribution is 2.39. The molecule has 16 heavy (non-hydrogen) atoms. The molecule has 3 heteroatoms. The van der Waals surface area contributed by atoms with E-state index >= 15 is 0 Å². The van der Waals surface area contributed by atoms with Crippen LogP contribution in [0.15, 0.2) is 18.2 Å². The van der Waals surface area contributed by atoms with Crippen LogP contribution in [0.2, 0.25) is 0 Å². The van der Waals surface area contributed by atoms with E-state index < -0.39 is 6.10 Å². The topological polar surface area (TPSA) is 38.3 Å². The lowest BCUT2D eigenvalue weighted by Crippen LogP contribution is -2.35. The molecule has 2 rings (SSSR count). The Morgan fingerprint density at radius 1 is 1.31 bits per heavy atom. The van der Waals surface area contributed by atoms with E-state index in [1.54, 1.807) is 6.92 Å². The van der Waals surface area contributed by atoms with E-state index in [9.17, 15) is 4.79 Å². The molecule has 1 amide bonds. The summed E-state index contributed by atoms with van der Waals surface area (Å²) in [6.07, 6.45) is -0.420. The highest BCUT2D eigenvalue weighted by molar-refractivity contribution is 5.97. The number of hydrogen-bond acceptors (Lipinski definition) is 2. The molecule has 0 saturated carbocycles. The maximum atomic E-state index is 11.5. The molecule has 86 valence electrons. The SMILES string of the molecule is C[C@H]1Oc2c(cccc2C(C)(C)C)NC1=O. The van der Waals surface area contributed by atoms with Crippen molar-refractivity contribution in [1.82, 2.24) is 0 Å². The summed E-state index contributed by atoms with van der Waals surface area (Å²) in [6.45, 7) is 8.16. The molecular weight excluding hydrogens is 202 g/mol. The summed E-state index contributed by atoms with van der Waals surface area (Å²) in [6, 6.07) is 5.86. The van der Waals surface area contributed by atoms with Gasteiger partial charge in [0.05, 0.1) is 5.69 Å². The number of ether oxygens (including phenoxy) is 1. The summed E-state index contributed by atoms with van der Waals surface area (Å²) in [5.41, 5.74) is 1.90. The Morgan fingerprint density at radius 2 is 2.00 bits per heavy atom. The van der Waals surface area contributed by atoms with Crippen molar-refractivity contribution in [3.8, 4) is 5.75 Å². The van der Waals surface area contributed by atoms with E-state index in [2.05, 4.69) is 26.1 Å². The fourth-order valence-corrected chi connectivity index (χ4v) is 1.82. The van der Waals surface area contributed by atoms with Crippen molar-refractivity contribution in [2.24, 2.45) is 0 Å². The molecule has 0 radical (unpaired) electrons. The van der Waals surface area contributed by atoms with Crippen molar-refractivity contribution >= 4 is 11.6 Å². The van der Waals surface area contributed by atoms with Gasteiger partial charge in [-0.05, 0) is 18.4 Å². The first-order valence-electron chi connectivity index (χ1n) is 5.50. The number of para-hydroxylation sites is 1. The largest absolute Gasteiger partial charge is 0.478 e. The van der Waals surface area contributed by atoms with Crippen LogP contribution in [0.1, 0.15) is 33.3 Å². The van der Waals surface area contributed by atoms with Crippen LogP contribution < -0.4 is 10.1 Å². The Morgan fingerprint density at radius 3 is 2.62 bits per heavy atom. The predicted octanol–water partition coefficient (Wildman–Crippen LogP) is 2.70. The summed E-state index contributed by atoms with van der Waals surface area (Å²) in [4.78, 5) is 11.5. The van der Waals surface area contributed by atoms with Gasteiger partial charge < -0.3 is 10.1 Å². The summed E-state index contributed by atoms with van der Waals surface area (Å²) < 4.78 is 5.69. The van der Waals surface area contributed by atoms with Gasteiger partial charge in [-0.3, -0.25) is 4.79 Å². The number of anilines is 1.